The van der Waals surface area contributed by atoms with Crippen molar-refractivity contribution in [3.8, 4) is 0 Å². The molecule has 2 rings (SSSR count). The molecule has 0 spiro atoms. The van der Waals surface area contributed by atoms with Crippen LogP contribution in [0.25, 0.3) is 0 Å². The lowest BCUT2D eigenvalue weighted by Gasteiger charge is -2.39. The topological polar surface area (TPSA) is 32.8 Å². The smallest absolute Gasteiger partial charge is 0.236 e. The Morgan fingerprint density at radius 2 is 1.85 bits per heavy atom. The number of hydrazine groups is 1. The number of ether oxygens (including phenoxy) is 1. The van der Waals surface area contributed by atoms with Gasteiger partial charge in [-0.1, -0.05) is 0 Å². The number of morpholine rings is 1. The zero-order valence-corrected chi connectivity index (χ0v) is 7.87. The highest BCUT2D eigenvalue weighted by atomic mass is 16.5. The third kappa shape index (κ3) is 2.00. The van der Waals surface area contributed by atoms with Crippen molar-refractivity contribution in [2.24, 2.45) is 0 Å². The first-order chi connectivity index (χ1) is 6.38. The zero-order chi connectivity index (χ0) is 9.10. The monoisotopic (exact) mass is 184 g/mol. The summed E-state index contributed by atoms with van der Waals surface area (Å²) in [6.45, 7) is 4.14. The number of hydrogen-bond acceptors (Lipinski definition) is 3. The van der Waals surface area contributed by atoms with Gasteiger partial charge < -0.3 is 4.74 Å². The average molecular weight is 184 g/mol. The summed E-state index contributed by atoms with van der Waals surface area (Å²) >= 11 is 0. The molecule has 0 bridgehead atoms. The standard InChI is InChI=1S/C9H16N2O2/c12-9-3-1-2-4-11(9)10-5-7-13-8-6-10/h1-8H2. The van der Waals surface area contributed by atoms with Crippen LogP contribution < -0.4 is 0 Å². The maximum atomic E-state index is 11.5. The van der Waals surface area contributed by atoms with E-state index in [0.717, 1.165) is 52.1 Å². The Kier molecular flexibility index (Phi) is 2.80. The summed E-state index contributed by atoms with van der Waals surface area (Å²) in [6.07, 6.45) is 2.92. The van der Waals surface area contributed by atoms with E-state index in [0.29, 0.717) is 0 Å². The Labute approximate surface area is 78.4 Å². The maximum absolute atomic E-state index is 11.5. The van der Waals surface area contributed by atoms with Crippen LogP contribution >= 0.6 is 0 Å². The average Bonchev–Trinajstić information content (AvgIpc) is 2.20. The van der Waals surface area contributed by atoms with Gasteiger partial charge in [0, 0.05) is 26.1 Å². The predicted octanol–water partition coefficient (Wildman–Crippen LogP) is 0.246. The first kappa shape index (κ1) is 8.97. The van der Waals surface area contributed by atoms with E-state index >= 15 is 0 Å². The lowest BCUT2D eigenvalue weighted by Crippen LogP contribution is -2.53. The quantitative estimate of drug-likeness (QED) is 0.585. The van der Waals surface area contributed by atoms with E-state index in [1.165, 1.54) is 0 Å². The fourth-order valence-corrected chi connectivity index (χ4v) is 1.89. The molecule has 0 saturated carbocycles. The Bertz CT molecular complexity index is 190. The van der Waals surface area contributed by atoms with Crippen LogP contribution in [0.15, 0.2) is 0 Å². The van der Waals surface area contributed by atoms with Gasteiger partial charge in [0.2, 0.25) is 5.91 Å². The largest absolute Gasteiger partial charge is 0.379 e. The van der Waals surface area contributed by atoms with Crippen molar-refractivity contribution in [1.82, 2.24) is 10.0 Å². The summed E-state index contributed by atoms with van der Waals surface area (Å²) in [4.78, 5) is 11.5. The van der Waals surface area contributed by atoms with Gasteiger partial charge in [-0.05, 0) is 12.8 Å². The first-order valence-electron chi connectivity index (χ1n) is 5.01. The van der Waals surface area contributed by atoms with Gasteiger partial charge in [-0.25, -0.2) is 5.01 Å². The SMILES string of the molecule is O=C1CCCCN1N1CCOCC1. The van der Waals surface area contributed by atoms with Crippen LogP contribution in [0.5, 0.6) is 0 Å². The third-order valence-electron chi connectivity index (χ3n) is 2.63. The number of piperidine rings is 1. The summed E-state index contributed by atoms with van der Waals surface area (Å²) in [6, 6.07) is 0. The second kappa shape index (κ2) is 4.07. The van der Waals surface area contributed by atoms with Crippen LogP contribution in [-0.2, 0) is 9.53 Å². The van der Waals surface area contributed by atoms with Crippen molar-refractivity contribution in [3.63, 3.8) is 0 Å². The lowest BCUT2D eigenvalue weighted by molar-refractivity contribution is -0.160. The molecule has 0 aromatic rings. The molecule has 2 aliphatic heterocycles. The second-order valence-electron chi connectivity index (χ2n) is 3.54. The van der Waals surface area contributed by atoms with Gasteiger partial charge in [0.25, 0.3) is 0 Å². The van der Waals surface area contributed by atoms with Crippen LogP contribution in [0.1, 0.15) is 19.3 Å². The van der Waals surface area contributed by atoms with Crippen molar-refractivity contribution >= 4 is 5.91 Å². The molecule has 2 fully saturated rings. The van der Waals surface area contributed by atoms with Gasteiger partial charge in [-0.2, -0.15) is 0 Å². The number of carbonyl (C=O) groups is 1. The van der Waals surface area contributed by atoms with E-state index in [1.807, 2.05) is 5.01 Å². The minimum Gasteiger partial charge on any atom is -0.379 e. The molecule has 0 atom stereocenters. The second-order valence-corrected chi connectivity index (χ2v) is 3.54. The molecule has 1 amide bonds. The van der Waals surface area contributed by atoms with Gasteiger partial charge in [-0.3, -0.25) is 9.80 Å². The Morgan fingerprint density at radius 1 is 1.08 bits per heavy atom. The number of hydrogen-bond donors (Lipinski definition) is 0. The van der Waals surface area contributed by atoms with E-state index < -0.39 is 0 Å². The summed E-state index contributed by atoms with van der Waals surface area (Å²) in [5, 5.41) is 4.04. The zero-order valence-electron chi connectivity index (χ0n) is 7.87. The minimum atomic E-state index is 0.285. The van der Waals surface area contributed by atoms with Crippen LogP contribution in [0.3, 0.4) is 0 Å². The molecule has 4 heteroatoms. The molecule has 0 N–H and O–H groups in total. The molecule has 0 aromatic heterocycles. The number of rotatable bonds is 1. The molecule has 0 aliphatic carbocycles. The number of amides is 1. The highest BCUT2D eigenvalue weighted by Crippen LogP contribution is 2.14. The number of nitrogens with zero attached hydrogens (tertiary/aromatic N) is 2. The fraction of sp³-hybridized carbons (Fsp3) is 0.889. The summed E-state index contributed by atoms with van der Waals surface area (Å²) in [5.74, 6) is 0.285. The molecule has 4 nitrogen and oxygen atoms in total. The van der Waals surface area contributed by atoms with E-state index in [2.05, 4.69) is 5.01 Å². The van der Waals surface area contributed by atoms with E-state index in [1.54, 1.807) is 0 Å². The molecule has 2 aliphatic rings. The van der Waals surface area contributed by atoms with Crippen LogP contribution in [0.2, 0.25) is 0 Å². The number of carbonyl (C=O) groups excluding carboxylic acids is 1. The molecular weight excluding hydrogens is 168 g/mol. The predicted molar refractivity (Wildman–Crippen MR) is 48.0 cm³/mol. The van der Waals surface area contributed by atoms with Gasteiger partial charge >= 0.3 is 0 Å². The van der Waals surface area contributed by atoms with Crippen molar-refractivity contribution in [3.05, 3.63) is 0 Å². The van der Waals surface area contributed by atoms with E-state index in [4.69, 9.17) is 4.74 Å². The van der Waals surface area contributed by atoms with Gasteiger partial charge in [0.15, 0.2) is 0 Å². The van der Waals surface area contributed by atoms with Crippen LogP contribution in [0, 0.1) is 0 Å². The fourth-order valence-electron chi connectivity index (χ4n) is 1.89. The van der Waals surface area contributed by atoms with Crippen molar-refractivity contribution in [2.75, 3.05) is 32.8 Å². The molecule has 0 unspecified atom stereocenters. The van der Waals surface area contributed by atoms with Crippen molar-refractivity contribution in [1.29, 1.82) is 0 Å². The Balaban J connectivity index is 1.92. The summed E-state index contributed by atoms with van der Waals surface area (Å²) in [7, 11) is 0. The summed E-state index contributed by atoms with van der Waals surface area (Å²) in [5.41, 5.74) is 0. The van der Waals surface area contributed by atoms with Gasteiger partial charge in [0.05, 0.1) is 13.2 Å². The molecule has 2 heterocycles. The molecule has 0 aromatic carbocycles. The molecule has 13 heavy (non-hydrogen) atoms. The van der Waals surface area contributed by atoms with Crippen LogP contribution in [-0.4, -0.2) is 48.8 Å². The Morgan fingerprint density at radius 3 is 2.54 bits per heavy atom. The highest BCUT2D eigenvalue weighted by molar-refractivity contribution is 5.76. The maximum Gasteiger partial charge on any atom is 0.236 e. The highest BCUT2D eigenvalue weighted by Gasteiger charge is 2.25. The Hall–Kier alpha value is -0.610. The van der Waals surface area contributed by atoms with Gasteiger partial charge in [-0.15, -0.1) is 0 Å². The normalized spacial score (nSPS) is 26.5. The molecule has 2 saturated heterocycles. The van der Waals surface area contributed by atoms with Crippen molar-refractivity contribution < 1.29 is 9.53 Å². The minimum absolute atomic E-state index is 0.285. The van der Waals surface area contributed by atoms with E-state index in [-0.39, 0.29) is 5.91 Å². The summed E-state index contributed by atoms with van der Waals surface area (Å²) < 4.78 is 5.25. The molecule has 74 valence electrons. The van der Waals surface area contributed by atoms with Crippen molar-refractivity contribution in [2.45, 2.75) is 19.3 Å². The molecular formula is C9H16N2O2. The van der Waals surface area contributed by atoms with Crippen LogP contribution in [0.4, 0.5) is 0 Å². The van der Waals surface area contributed by atoms with Gasteiger partial charge in [0.1, 0.15) is 0 Å². The lowest BCUT2D eigenvalue weighted by atomic mass is 10.1. The molecule has 0 radical (unpaired) electrons. The third-order valence-corrected chi connectivity index (χ3v) is 2.63. The van der Waals surface area contributed by atoms with E-state index in [9.17, 15) is 4.79 Å². The first-order valence-corrected chi connectivity index (χ1v) is 5.01.